The van der Waals surface area contributed by atoms with E-state index in [1.54, 1.807) is 12.3 Å². The first-order valence-corrected chi connectivity index (χ1v) is 9.58. The van der Waals surface area contributed by atoms with Gasteiger partial charge in [-0.1, -0.05) is 41.9 Å². The number of aromatic nitrogens is 2. The van der Waals surface area contributed by atoms with Crippen molar-refractivity contribution in [2.75, 3.05) is 18.4 Å². The normalized spacial score (nSPS) is 17.0. The Morgan fingerprint density at radius 2 is 2.11 bits per heavy atom. The number of rotatable bonds is 4. The van der Waals surface area contributed by atoms with Gasteiger partial charge >= 0.3 is 0 Å². The van der Waals surface area contributed by atoms with Gasteiger partial charge in [0.15, 0.2) is 0 Å². The van der Waals surface area contributed by atoms with Crippen LogP contribution in [0.15, 0.2) is 48.7 Å². The third kappa shape index (κ3) is 4.10. The van der Waals surface area contributed by atoms with E-state index in [1.807, 2.05) is 30.3 Å². The average Bonchev–Trinajstić information content (AvgIpc) is 2.69. The van der Waals surface area contributed by atoms with Crippen molar-refractivity contribution in [3.8, 4) is 0 Å². The molecule has 1 fully saturated rings. The Bertz CT molecular complexity index is 969. The number of hydrogen-bond donors (Lipinski definition) is 2. The third-order valence-corrected chi connectivity index (χ3v) is 5.30. The van der Waals surface area contributed by atoms with Crippen LogP contribution in [-0.2, 0) is 11.2 Å². The van der Waals surface area contributed by atoms with Crippen LogP contribution in [0, 0.1) is 0 Å². The summed E-state index contributed by atoms with van der Waals surface area (Å²) in [5.41, 5.74) is 3.03. The summed E-state index contributed by atoms with van der Waals surface area (Å²) in [6.07, 6.45) is 4.27. The lowest BCUT2D eigenvalue weighted by molar-refractivity contribution is -0.115. The highest BCUT2D eigenvalue weighted by Gasteiger charge is 2.19. The summed E-state index contributed by atoms with van der Waals surface area (Å²) >= 11 is 6.14. The van der Waals surface area contributed by atoms with E-state index < -0.39 is 0 Å². The van der Waals surface area contributed by atoms with Crippen molar-refractivity contribution in [2.45, 2.75) is 25.2 Å². The second-order valence-corrected chi connectivity index (χ2v) is 7.24. The van der Waals surface area contributed by atoms with E-state index in [4.69, 9.17) is 11.6 Å². The zero-order valence-electron chi connectivity index (χ0n) is 14.9. The first-order chi connectivity index (χ1) is 13.2. The summed E-state index contributed by atoms with van der Waals surface area (Å²) in [5.74, 6) is 0.640. The van der Waals surface area contributed by atoms with Crippen molar-refractivity contribution in [1.82, 2.24) is 15.3 Å². The molecule has 0 spiro atoms. The Morgan fingerprint density at radius 1 is 1.22 bits per heavy atom. The predicted octanol–water partition coefficient (Wildman–Crippen LogP) is 3.93. The summed E-state index contributed by atoms with van der Waals surface area (Å²) in [5, 5.41) is 7.62. The van der Waals surface area contributed by atoms with Crippen LogP contribution in [0.5, 0.6) is 0 Å². The van der Waals surface area contributed by atoms with Crippen molar-refractivity contribution < 1.29 is 4.79 Å². The molecule has 1 aliphatic rings. The third-order valence-electron chi connectivity index (χ3n) is 4.97. The zero-order valence-corrected chi connectivity index (χ0v) is 15.7. The van der Waals surface area contributed by atoms with Crippen LogP contribution < -0.4 is 10.6 Å². The first-order valence-electron chi connectivity index (χ1n) is 9.20. The highest BCUT2D eigenvalue weighted by atomic mass is 35.5. The molecular formula is C21H21ClN4O. The molecule has 27 heavy (non-hydrogen) atoms. The number of nitrogens with zero attached hydrogens (tertiary/aromatic N) is 2. The summed E-state index contributed by atoms with van der Waals surface area (Å²) in [6, 6.07) is 13.7. The van der Waals surface area contributed by atoms with Crippen molar-refractivity contribution in [1.29, 1.82) is 0 Å². The molecular weight excluding hydrogens is 360 g/mol. The number of carbonyl (C=O) groups excluding carboxylic acids is 1. The highest BCUT2D eigenvalue weighted by molar-refractivity contribution is 6.35. The van der Waals surface area contributed by atoms with Gasteiger partial charge in [0.05, 0.1) is 17.0 Å². The van der Waals surface area contributed by atoms with Gasteiger partial charge in [-0.15, -0.1) is 0 Å². The van der Waals surface area contributed by atoms with Gasteiger partial charge in [0.25, 0.3) is 0 Å². The van der Waals surface area contributed by atoms with Gasteiger partial charge in [-0.25, -0.2) is 9.97 Å². The molecule has 3 aromatic rings. The molecule has 1 saturated heterocycles. The number of carbonyl (C=O) groups is 1. The van der Waals surface area contributed by atoms with Crippen LogP contribution in [0.4, 0.5) is 5.95 Å². The number of fused-ring (bicyclic) bond motifs is 1. The molecule has 0 bridgehead atoms. The number of hydrogen-bond acceptors (Lipinski definition) is 4. The van der Waals surface area contributed by atoms with E-state index in [2.05, 4.69) is 26.7 Å². The Kier molecular flexibility index (Phi) is 5.32. The Morgan fingerprint density at radius 3 is 2.96 bits per heavy atom. The van der Waals surface area contributed by atoms with Crippen molar-refractivity contribution >= 4 is 34.4 Å². The van der Waals surface area contributed by atoms with Gasteiger partial charge < -0.3 is 5.32 Å². The van der Waals surface area contributed by atoms with Gasteiger partial charge in [0.1, 0.15) is 0 Å². The van der Waals surface area contributed by atoms with E-state index >= 15 is 0 Å². The minimum atomic E-state index is -0.118. The standard InChI is InChI=1S/C21H21ClN4O/c22-18-8-3-9-19-17(18)13-24-21(25-19)26-20(27)11-14-5-1-2-7-16(14)15-6-4-10-23-12-15/h1-3,5,7-9,13,15,23H,4,6,10-12H2,(H,24,25,26,27). The molecule has 2 N–H and O–H groups in total. The van der Waals surface area contributed by atoms with Crippen LogP contribution in [-0.4, -0.2) is 29.0 Å². The lowest BCUT2D eigenvalue weighted by Gasteiger charge is -2.25. The van der Waals surface area contributed by atoms with E-state index in [0.717, 1.165) is 30.5 Å². The van der Waals surface area contributed by atoms with Crippen LogP contribution >= 0.6 is 11.6 Å². The summed E-state index contributed by atoms with van der Waals surface area (Å²) in [4.78, 5) is 21.2. The molecule has 2 aromatic carbocycles. The molecule has 1 aromatic heterocycles. The number of benzene rings is 2. The smallest absolute Gasteiger partial charge is 0.231 e. The fourth-order valence-electron chi connectivity index (χ4n) is 3.63. The molecule has 1 unspecified atom stereocenters. The first kappa shape index (κ1) is 17.9. The Labute approximate surface area is 163 Å². The predicted molar refractivity (Wildman–Crippen MR) is 108 cm³/mol. The number of piperidine rings is 1. The van der Waals surface area contributed by atoms with E-state index in [-0.39, 0.29) is 5.91 Å². The zero-order chi connectivity index (χ0) is 18.6. The quantitative estimate of drug-likeness (QED) is 0.719. The van der Waals surface area contributed by atoms with E-state index in [9.17, 15) is 4.79 Å². The van der Waals surface area contributed by atoms with Gasteiger partial charge in [-0.3, -0.25) is 10.1 Å². The molecule has 1 atom stereocenters. The fourth-order valence-corrected chi connectivity index (χ4v) is 3.85. The molecule has 0 saturated carbocycles. The molecule has 2 heterocycles. The molecule has 0 aliphatic carbocycles. The monoisotopic (exact) mass is 380 g/mol. The van der Waals surface area contributed by atoms with Crippen LogP contribution in [0.1, 0.15) is 29.9 Å². The number of anilines is 1. The average molecular weight is 381 g/mol. The Balaban J connectivity index is 1.50. The maximum absolute atomic E-state index is 12.6. The second-order valence-electron chi connectivity index (χ2n) is 6.83. The van der Waals surface area contributed by atoms with Crippen LogP contribution in [0.3, 0.4) is 0 Å². The Hall–Kier alpha value is -2.50. The maximum Gasteiger partial charge on any atom is 0.231 e. The molecule has 4 rings (SSSR count). The lowest BCUT2D eigenvalue weighted by atomic mass is 9.87. The minimum Gasteiger partial charge on any atom is -0.316 e. The molecule has 1 aliphatic heterocycles. The minimum absolute atomic E-state index is 0.118. The van der Waals surface area contributed by atoms with E-state index in [1.165, 1.54) is 12.0 Å². The highest BCUT2D eigenvalue weighted by Crippen LogP contribution is 2.27. The lowest BCUT2D eigenvalue weighted by Crippen LogP contribution is -2.29. The van der Waals surface area contributed by atoms with E-state index in [0.29, 0.717) is 28.8 Å². The van der Waals surface area contributed by atoms with Crippen molar-refractivity contribution in [3.63, 3.8) is 0 Å². The topological polar surface area (TPSA) is 66.9 Å². The maximum atomic E-state index is 12.6. The fraction of sp³-hybridized carbons (Fsp3) is 0.286. The SMILES string of the molecule is O=C(Cc1ccccc1C1CCCNC1)Nc1ncc2c(Cl)cccc2n1. The van der Waals surface area contributed by atoms with Crippen molar-refractivity contribution in [3.05, 3.63) is 64.8 Å². The largest absolute Gasteiger partial charge is 0.316 e. The van der Waals surface area contributed by atoms with Crippen LogP contribution in [0.2, 0.25) is 5.02 Å². The molecule has 1 amide bonds. The van der Waals surface area contributed by atoms with Gasteiger partial charge in [0.2, 0.25) is 11.9 Å². The van der Waals surface area contributed by atoms with Crippen molar-refractivity contribution in [2.24, 2.45) is 0 Å². The number of nitrogens with one attached hydrogen (secondary N) is 2. The number of halogens is 1. The molecule has 0 radical (unpaired) electrons. The van der Waals surface area contributed by atoms with Gasteiger partial charge in [-0.05, 0) is 48.6 Å². The summed E-state index contributed by atoms with van der Waals surface area (Å²) < 4.78 is 0. The molecule has 5 nitrogen and oxygen atoms in total. The second kappa shape index (κ2) is 8.03. The molecule has 138 valence electrons. The van der Waals surface area contributed by atoms with Gasteiger partial charge in [0, 0.05) is 18.1 Å². The van der Waals surface area contributed by atoms with Gasteiger partial charge in [-0.2, -0.15) is 0 Å². The number of amides is 1. The summed E-state index contributed by atoms with van der Waals surface area (Å²) in [7, 11) is 0. The van der Waals surface area contributed by atoms with Crippen LogP contribution in [0.25, 0.3) is 10.9 Å². The summed E-state index contributed by atoms with van der Waals surface area (Å²) in [6.45, 7) is 2.04. The molecule has 6 heteroatoms.